The molecule has 0 bridgehead atoms. The van der Waals surface area contributed by atoms with E-state index in [1.807, 2.05) is 19.1 Å². The molecule has 3 rings (SSSR count). The Kier molecular flexibility index (Phi) is 6.74. The van der Waals surface area contributed by atoms with Gasteiger partial charge in [0.15, 0.2) is 11.5 Å². The van der Waals surface area contributed by atoms with Gasteiger partial charge in [0.05, 0.1) is 38.9 Å². The summed E-state index contributed by atoms with van der Waals surface area (Å²) in [5.74, 6) is 1.56. The molecule has 30 heavy (non-hydrogen) atoms. The summed E-state index contributed by atoms with van der Waals surface area (Å²) < 4.78 is 17.4. The van der Waals surface area contributed by atoms with Gasteiger partial charge in [0.1, 0.15) is 5.02 Å². The van der Waals surface area contributed by atoms with Crippen LogP contribution in [0.4, 0.5) is 5.69 Å². The second kappa shape index (κ2) is 9.28. The highest BCUT2D eigenvalue weighted by atomic mass is 35.5. The Balaban J connectivity index is 1.89. The van der Waals surface area contributed by atoms with Crippen molar-refractivity contribution < 1.29 is 14.2 Å². The van der Waals surface area contributed by atoms with E-state index in [9.17, 15) is 4.79 Å². The average Bonchev–Trinajstić information content (AvgIpc) is 2.76. The fraction of sp³-hybridized carbons (Fsp3) is 0.238. The fourth-order valence-electron chi connectivity index (χ4n) is 2.95. The third-order valence-electron chi connectivity index (χ3n) is 4.57. The molecule has 0 aliphatic heterocycles. The van der Waals surface area contributed by atoms with E-state index in [0.717, 1.165) is 11.1 Å². The van der Waals surface area contributed by atoms with Gasteiger partial charge in [-0.3, -0.25) is 4.79 Å². The summed E-state index contributed by atoms with van der Waals surface area (Å²) in [4.78, 5) is 12.7. The van der Waals surface area contributed by atoms with Gasteiger partial charge in [-0.1, -0.05) is 29.3 Å². The predicted molar refractivity (Wildman–Crippen MR) is 118 cm³/mol. The third-order valence-corrected chi connectivity index (χ3v) is 5.35. The molecule has 1 heterocycles. The molecule has 158 valence electrons. The van der Waals surface area contributed by atoms with Crippen molar-refractivity contribution in [2.75, 3.05) is 26.6 Å². The molecule has 0 saturated carbocycles. The molecule has 0 spiro atoms. The lowest BCUT2D eigenvalue weighted by atomic mass is 10.1. The van der Waals surface area contributed by atoms with Crippen molar-refractivity contribution in [3.05, 3.63) is 68.1 Å². The lowest BCUT2D eigenvalue weighted by Crippen LogP contribution is -2.22. The first-order valence-electron chi connectivity index (χ1n) is 8.97. The zero-order valence-corrected chi connectivity index (χ0v) is 18.5. The molecule has 0 unspecified atom stereocenters. The van der Waals surface area contributed by atoms with Gasteiger partial charge in [-0.2, -0.15) is 9.78 Å². The van der Waals surface area contributed by atoms with Crippen LogP contribution in [-0.2, 0) is 6.54 Å². The van der Waals surface area contributed by atoms with E-state index in [-0.39, 0.29) is 5.02 Å². The van der Waals surface area contributed by atoms with Crippen molar-refractivity contribution in [2.24, 2.45) is 0 Å². The van der Waals surface area contributed by atoms with E-state index in [1.54, 1.807) is 32.4 Å². The number of aromatic nitrogens is 2. The fourth-order valence-corrected chi connectivity index (χ4v) is 3.32. The van der Waals surface area contributed by atoms with E-state index < -0.39 is 5.56 Å². The van der Waals surface area contributed by atoms with Gasteiger partial charge in [0, 0.05) is 17.1 Å². The highest BCUT2D eigenvalue weighted by Crippen LogP contribution is 2.40. The molecule has 1 aromatic heterocycles. The number of nitrogens with zero attached hydrogens (tertiary/aromatic N) is 2. The van der Waals surface area contributed by atoms with E-state index in [1.165, 1.54) is 18.0 Å². The normalized spacial score (nSPS) is 10.6. The number of ether oxygens (including phenoxy) is 3. The number of rotatable bonds is 7. The number of benzene rings is 2. The molecule has 0 aliphatic rings. The number of nitrogens with one attached hydrogen (secondary N) is 1. The maximum atomic E-state index is 12.7. The zero-order valence-electron chi connectivity index (χ0n) is 17.0. The Bertz CT molecular complexity index is 1130. The smallest absolute Gasteiger partial charge is 0.292 e. The minimum atomic E-state index is -0.458. The van der Waals surface area contributed by atoms with E-state index in [4.69, 9.17) is 37.4 Å². The lowest BCUT2D eigenvalue weighted by Gasteiger charge is -2.17. The van der Waals surface area contributed by atoms with Crippen LogP contribution in [0.15, 0.2) is 41.3 Å². The van der Waals surface area contributed by atoms with Crippen LogP contribution in [0.25, 0.3) is 5.69 Å². The number of anilines is 1. The van der Waals surface area contributed by atoms with Crippen LogP contribution >= 0.6 is 23.2 Å². The van der Waals surface area contributed by atoms with Crippen molar-refractivity contribution in [2.45, 2.75) is 13.5 Å². The largest absolute Gasteiger partial charge is 0.493 e. The van der Waals surface area contributed by atoms with Gasteiger partial charge in [-0.25, -0.2) is 0 Å². The number of hydrogen-bond acceptors (Lipinski definition) is 6. The number of hydrogen-bond donors (Lipinski definition) is 1. The van der Waals surface area contributed by atoms with Crippen LogP contribution in [0, 0.1) is 6.92 Å². The second-order valence-corrected chi connectivity index (χ2v) is 7.15. The lowest BCUT2D eigenvalue weighted by molar-refractivity contribution is 0.322. The highest BCUT2D eigenvalue weighted by Gasteiger charge is 2.17. The molecule has 0 radical (unpaired) electrons. The third kappa shape index (κ3) is 4.17. The van der Waals surface area contributed by atoms with Gasteiger partial charge >= 0.3 is 0 Å². The summed E-state index contributed by atoms with van der Waals surface area (Å²) in [6.07, 6.45) is 1.49. The first-order chi connectivity index (χ1) is 14.4. The molecule has 0 aliphatic carbocycles. The monoisotopic (exact) mass is 449 g/mol. The SMILES string of the molecule is COc1ccc(CNc2cnn(-c3ccc(C)c(Cl)c3)c(=O)c2Cl)c(OC)c1OC. The van der Waals surface area contributed by atoms with Gasteiger partial charge < -0.3 is 19.5 Å². The number of methoxy groups -OCH3 is 3. The van der Waals surface area contributed by atoms with Crippen molar-refractivity contribution in [3.63, 3.8) is 0 Å². The summed E-state index contributed by atoms with van der Waals surface area (Å²) in [6.45, 7) is 2.20. The molecule has 0 saturated heterocycles. The van der Waals surface area contributed by atoms with Gasteiger partial charge in [-0.05, 0) is 36.8 Å². The van der Waals surface area contributed by atoms with E-state index in [2.05, 4.69) is 10.4 Å². The second-order valence-electron chi connectivity index (χ2n) is 6.37. The quantitative estimate of drug-likeness (QED) is 0.572. The average molecular weight is 450 g/mol. The topological polar surface area (TPSA) is 74.6 Å². The van der Waals surface area contributed by atoms with Crippen LogP contribution in [0.5, 0.6) is 17.2 Å². The van der Waals surface area contributed by atoms with Gasteiger partial charge in [-0.15, -0.1) is 0 Å². The zero-order chi connectivity index (χ0) is 21.8. The van der Waals surface area contributed by atoms with Crippen LogP contribution < -0.4 is 25.1 Å². The maximum Gasteiger partial charge on any atom is 0.292 e. The van der Waals surface area contributed by atoms with Gasteiger partial charge in [0.2, 0.25) is 5.75 Å². The van der Waals surface area contributed by atoms with Gasteiger partial charge in [0.25, 0.3) is 5.56 Å². The molecular weight excluding hydrogens is 429 g/mol. The standard InChI is InChI=1S/C21H21Cl2N3O4/c1-12-5-7-14(9-15(12)22)26-21(27)18(23)16(11-25-26)24-10-13-6-8-17(28-2)20(30-4)19(13)29-3/h5-9,11,24H,10H2,1-4H3. The van der Waals surface area contributed by atoms with Crippen molar-refractivity contribution in [1.82, 2.24) is 9.78 Å². The minimum absolute atomic E-state index is 0.0149. The summed E-state index contributed by atoms with van der Waals surface area (Å²) in [7, 11) is 4.63. The molecule has 0 amide bonds. The number of halogens is 2. The minimum Gasteiger partial charge on any atom is -0.493 e. The van der Waals surface area contributed by atoms with Crippen molar-refractivity contribution in [1.29, 1.82) is 0 Å². The highest BCUT2D eigenvalue weighted by molar-refractivity contribution is 6.33. The molecule has 9 heteroatoms. The van der Waals surface area contributed by atoms with Crippen LogP contribution in [0.1, 0.15) is 11.1 Å². The Labute approximate surface area is 184 Å². The van der Waals surface area contributed by atoms with E-state index in [0.29, 0.717) is 40.2 Å². The van der Waals surface area contributed by atoms with Crippen LogP contribution in [-0.4, -0.2) is 31.1 Å². The van der Waals surface area contributed by atoms with Crippen LogP contribution in [0.2, 0.25) is 10.0 Å². The Morgan fingerprint density at radius 3 is 2.40 bits per heavy atom. The molecular formula is C21H21Cl2N3O4. The summed E-state index contributed by atoms with van der Waals surface area (Å²) in [5.41, 5.74) is 2.17. The maximum absolute atomic E-state index is 12.7. The van der Waals surface area contributed by atoms with Crippen LogP contribution in [0.3, 0.4) is 0 Å². The molecule has 1 N–H and O–H groups in total. The summed E-state index contributed by atoms with van der Waals surface area (Å²) in [5, 5.41) is 7.90. The number of aryl methyl sites for hydroxylation is 1. The Hall–Kier alpha value is -2.90. The van der Waals surface area contributed by atoms with Crippen molar-refractivity contribution >= 4 is 28.9 Å². The van der Waals surface area contributed by atoms with E-state index >= 15 is 0 Å². The molecule has 7 nitrogen and oxygen atoms in total. The first kappa shape index (κ1) is 21.8. The predicted octanol–water partition coefficient (Wildman–Crippen LogP) is 4.49. The molecule has 2 aromatic carbocycles. The first-order valence-corrected chi connectivity index (χ1v) is 9.73. The Morgan fingerprint density at radius 1 is 1.03 bits per heavy atom. The summed E-state index contributed by atoms with van der Waals surface area (Å²) >= 11 is 12.5. The molecule has 0 atom stereocenters. The molecule has 3 aromatic rings. The summed E-state index contributed by atoms with van der Waals surface area (Å²) in [6, 6.07) is 8.85. The molecule has 0 fully saturated rings. The Morgan fingerprint density at radius 2 is 1.77 bits per heavy atom. The van der Waals surface area contributed by atoms with Crippen molar-refractivity contribution in [3.8, 4) is 22.9 Å².